The van der Waals surface area contributed by atoms with Crippen molar-refractivity contribution >= 4 is 5.91 Å². The van der Waals surface area contributed by atoms with Gasteiger partial charge in [0, 0.05) is 11.3 Å². The summed E-state index contributed by atoms with van der Waals surface area (Å²) in [6.07, 6.45) is 3.21. The summed E-state index contributed by atoms with van der Waals surface area (Å²) in [5, 5.41) is 3.03. The van der Waals surface area contributed by atoms with Gasteiger partial charge in [0.25, 0.3) is 5.91 Å². The number of imidazole rings is 1. The van der Waals surface area contributed by atoms with Crippen LogP contribution in [0.25, 0.3) is 5.69 Å². The smallest absolute Gasteiger partial charge is 0.270 e. The van der Waals surface area contributed by atoms with Crippen molar-refractivity contribution in [3.8, 4) is 11.4 Å². The zero-order chi connectivity index (χ0) is 17.8. The summed E-state index contributed by atoms with van der Waals surface area (Å²) >= 11 is 0. The lowest BCUT2D eigenvalue weighted by atomic mass is 10.0. The number of rotatable bonds is 5. The second-order valence-corrected chi connectivity index (χ2v) is 5.92. The molecule has 0 aliphatic rings. The number of benzene rings is 2. The van der Waals surface area contributed by atoms with Crippen LogP contribution in [-0.2, 0) is 0 Å². The van der Waals surface area contributed by atoms with E-state index in [1.165, 1.54) is 0 Å². The number of nitrogens with one attached hydrogen (secondary N) is 1. The maximum Gasteiger partial charge on any atom is 0.270 e. The molecular weight excluding hydrogens is 314 g/mol. The number of nitrogens with zero attached hydrogens (tertiary/aromatic N) is 2. The minimum absolute atomic E-state index is 0.183. The van der Waals surface area contributed by atoms with Crippen LogP contribution >= 0.6 is 0 Å². The average Bonchev–Trinajstić information content (AvgIpc) is 3.12. The lowest BCUT2D eigenvalue weighted by Gasteiger charge is -2.18. The topological polar surface area (TPSA) is 56.1 Å². The van der Waals surface area contributed by atoms with Crippen LogP contribution in [0.5, 0.6) is 5.75 Å². The number of para-hydroxylation sites is 1. The maximum atomic E-state index is 12.8. The average molecular weight is 335 g/mol. The Morgan fingerprint density at radius 3 is 2.68 bits per heavy atom. The highest BCUT2D eigenvalue weighted by Gasteiger charge is 2.18. The number of methoxy groups -OCH3 is 1. The van der Waals surface area contributed by atoms with E-state index in [1.807, 2.05) is 62.4 Å². The molecule has 1 amide bonds. The molecule has 1 atom stereocenters. The van der Waals surface area contributed by atoms with Crippen molar-refractivity contribution in [3.63, 3.8) is 0 Å². The number of aryl methyl sites for hydroxylation is 1. The molecule has 25 heavy (non-hydrogen) atoms. The normalized spacial score (nSPS) is 11.8. The quantitative estimate of drug-likeness (QED) is 0.774. The van der Waals surface area contributed by atoms with Gasteiger partial charge < -0.3 is 10.1 Å². The number of hydrogen-bond donors (Lipinski definition) is 1. The molecule has 5 nitrogen and oxygen atoms in total. The Kier molecular flexibility index (Phi) is 4.84. The fourth-order valence-corrected chi connectivity index (χ4v) is 2.80. The molecule has 3 aromatic rings. The van der Waals surface area contributed by atoms with E-state index in [1.54, 1.807) is 24.2 Å². The van der Waals surface area contributed by atoms with Crippen LogP contribution in [0.4, 0.5) is 0 Å². The molecule has 2 aromatic carbocycles. The van der Waals surface area contributed by atoms with Crippen LogP contribution in [0.15, 0.2) is 61.1 Å². The number of aromatic nitrogens is 2. The molecule has 0 saturated carbocycles. The van der Waals surface area contributed by atoms with Crippen molar-refractivity contribution < 1.29 is 9.53 Å². The molecule has 5 heteroatoms. The molecule has 1 N–H and O–H groups in total. The Morgan fingerprint density at radius 2 is 1.96 bits per heavy atom. The largest absolute Gasteiger partial charge is 0.496 e. The number of ether oxygens (including phenoxy) is 1. The standard InChI is InChI=1S/C20H21N3O2/c1-14-9-10-19(25-3)17(11-14)15(2)22-20(24)18-12-21-13-23(18)16-7-5-4-6-8-16/h4-13,15H,1-3H3,(H,22,24). The Morgan fingerprint density at radius 1 is 1.20 bits per heavy atom. The van der Waals surface area contributed by atoms with E-state index in [4.69, 9.17) is 4.74 Å². The van der Waals surface area contributed by atoms with Crippen molar-refractivity contribution in [1.29, 1.82) is 0 Å². The Hall–Kier alpha value is -3.08. The predicted molar refractivity (Wildman–Crippen MR) is 97.2 cm³/mol. The zero-order valence-corrected chi connectivity index (χ0v) is 14.6. The van der Waals surface area contributed by atoms with Crippen LogP contribution < -0.4 is 10.1 Å². The van der Waals surface area contributed by atoms with E-state index in [-0.39, 0.29) is 11.9 Å². The van der Waals surface area contributed by atoms with Crippen LogP contribution in [0.1, 0.15) is 34.6 Å². The van der Waals surface area contributed by atoms with Crippen LogP contribution in [0.3, 0.4) is 0 Å². The minimum Gasteiger partial charge on any atom is -0.496 e. The van der Waals surface area contributed by atoms with E-state index in [9.17, 15) is 4.79 Å². The van der Waals surface area contributed by atoms with E-state index < -0.39 is 0 Å². The van der Waals surface area contributed by atoms with E-state index in [0.717, 1.165) is 22.6 Å². The fourth-order valence-electron chi connectivity index (χ4n) is 2.80. The van der Waals surface area contributed by atoms with Crippen LogP contribution in [0.2, 0.25) is 0 Å². The van der Waals surface area contributed by atoms with Gasteiger partial charge in [0.05, 0.1) is 25.7 Å². The van der Waals surface area contributed by atoms with Crippen molar-refractivity contribution in [2.75, 3.05) is 7.11 Å². The highest BCUT2D eigenvalue weighted by Crippen LogP contribution is 2.26. The minimum atomic E-state index is -0.193. The number of amides is 1. The number of hydrogen-bond acceptors (Lipinski definition) is 3. The molecule has 1 heterocycles. The maximum absolute atomic E-state index is 12.8. The van der Waals surface area contributed by atoms with Gasteiger partial charge in [-0.3, -0.25) is 9.36 Å². The van der Waals surface area contributed by atoms with Crippen LogP contribution in [-0.4, -0.2) is 22.6 Å². The van der Waals surface area contributed by atoms with Gasteiger partial charge in [0.15, 0.2) is 0 Å². The van der Waals surface area contributed by atoms with Crippen molar-refractivity contribution in [3.05, 3.63) is 77.9 Å². The van der Waals surface area contributed by atoms with Crippen molar-refractivity contribution in [2.24, 2.45) is 0 Å². The summed E-state index contributed by atoms with van der Waals surface area (Å²) < 4.78 is 7.19. The first-order chi connectivity index (χ1) is 12.1. The number of carbonyl (C=O) groups excluding carboxylic acids is 1. The summed E-state index contributed by atoms with van der Waals surface area (Å²) in [5.74, 6) is 0.576. The molecule has 1 aromatic heterocycles. The molecular formula is C20H21N3O2. The van der Waals surface area contributed by atoms with Gasteiger partial charge in [-0.2, -0.15) is 0 Å². The fraction of sp³-hybridized carbons (Fsp3) is 0.200. The molecule has 0 radical (unpaired) electrons. The third-order valence-corrected chi connectivity index (χ3v) is 4.10. The van der Waals surface area contributed by atoms with E-state index in [2.05, 4.69) is 10.3 Å². The van der Waals surface area contributed by atoms with E-state index in [0.29, 0.717) is 5.69 Å². The molecule has 0 fully saturated rings. The molecule has 0 spiro atoms. The molecule has 128 valence electrons. The monoisotopic (exact) mass is 335 g/mol. The van der Waals surface area contributed by atoms with Gasteiger partial charge in [0.2, 0.25) is 0 Å². The van der Waals surface area contributed by atoms with Gasteiger partial charge in [-0.15, -0.1) is 0 Å². The number of carbonyl (C=O) groups is 1. The highest BCUT2D eigenvalue weighted by molar-refractivity contribution is 5.93. The summed E-state index contributed by atoms with van der Waals surface area (Å²) in [4.78, 5) is 16.9. The Labute approximate surface area is 147 Å². The molecule has 0 saturated heterocycles. The highest BCUT2D eigenvalue weighted by atomic mass is 16.5. The Balaban J connectivity index is 1.84. The van der Waals surface area contributed by atoms with Crippen LogP contribution in [0, 0.1) is 6.92 Å². The SMILES string of the molecule is COc1ccc(C)cc1C(C)NC(=O)c1cncn1-c1ccccc1. The summed E-state index contributed by atoms with van der Waals surface area (Å²) in [6.45, 7) is 3.96. The predicted octanol–water partition coefficient (Wildman–Crippen LogP) is 3.68. The first-order valence-corrected chi connectivity index (χ1v) is 8.13. The molecule has 3 rings (SSSR count). The van der Waals surface area contributed by atoms with Crippen molar-refractivity contribution in [1.82, 2.24) is 14.9 Å². The lowest BCUT2D eigenvalue weighted by Crippen LogP contribution is -2.28. The molecule has 0 aliphatic carbocycles. The third kappa shape index (κ3) is 3.55. The van der Waals surface area contributed by atoms with E-state index >= 15 is 0 Å². The zero-order valence-electron chi connectivity index (χ0n) is 14.6. The first-order valence-electron chi connectivity index (χ1n) is 8.13. The molecule has 1 unspecified atom stereocenters. The molecule has 0 bridgehead atoms. The van der Waals surface area contributed by atoms with Gasteiger partial charge in [-0.25, -0.2) is 4.98 Å². The third-order valence-electron chi connectivity index (χ3n) is 4.10. The van der Waals surface area contributed by atoms with Crippen molar-refractivity contribution in [2.45, 2.75) is 19.9 Å². The van der Waals surface area contributed by atoms with Gasteiger partial charge in [-0.1, -0.05) is 35.9 Å². The van der Waals surface area contributed by atoms with Gasteiger partial charge in [-0.05, 0) is 32.0 Å². The summed E-state index contributed by atoms with van der Waals surface area (Å²) in [6, 6.07) is 15.4. The second kappa shape index (κ2) is 7.21. The summed E-state index contributed by atoms with van der Waals surface area (Å²) in [5.41, 5.74) is 3.45. The first kappa shape index (κ1) is 16.8. The summed E-state index contributed by atoms with van der Waals surface area (Å²) in [7, 11) is 1.63. The Bertz CT molecular complexity index is 872. The molecule has 0 aliphatic heterocycles. The van der Waals surface area contributed by atoms with Gasteiger partial charge >= 0.3 is 0 Å². The van der Waals surface area contributed by atoms with Gasteiger partial charge in [0.1, 0.15) is 11.4 Å². The second-order valence-electron chi connectivity index (χ2n) is 5.92. The lowest BCUT2D eigenvalue weighted by molar-refractivity contribution is 0.0932.